The number of Topliss-reactive ketones (excluding diaryl/α,β-unsaturated/α-hetero) is 1. The van der Waals surface area contributed by atoms with Crippen molar-refractivity contribution in [3.05, 3.63) is 41.9 Å². The number of aromatic nitrogens is 2. The summed E-state index contributed by atoms with van der Waals surface area (Å²) < 4.78 is 5.05. The van der Waals surface area contributed by atoms with E-state index in [2.05, 4.69) is 9.97 Å². The van der Waals surface area contributed by atoms with Gasteiger partial charge in [-0.3, -0.25) is 4.79 Å². The fourth-order valence-electron chi connectivity index (χ4n) is 1.24. The van der Waals surface area contributed by atoms with Crippen LogP contribution in [0.2, 0.25) is 0 Å². The number of nitrogens with zero attached hydrogens (tertiary/aromatic N) is 1. The van der Waals surface area contributed by atoms with Gasteiger partial charge in [0, 0.05) is 12.4 Å². The Hall–Kier alpha value is -1.84. The van der Waals surface area contributed by atoms with Gasteiger partial charge >= 0.3 is 0 Å². The molecule has 1 N–H and O–H groups in total. The number of rotatable bonds is 3. The standard InChI is InChI=1S/C10H10N2O2/c1-7-4-8(6-14-7)9(13)5-10-11-2-3-12-10/h2-4,6H,5H2,1H3,(H,11,12). The van der Waals surface area contributed by atoms with Crippen LogP contribution in [-0.2, 0) is 6.42 Å². The lowest BCUT2D eigenvalue weighted by Crippen LogP contribution is -2.03. The van der Waals surface area contributed by atoms with Crippen LogP contribution in [0, 0.1) is 6.92 Å². The molecule has 0 radical (unpaired) electrons. The van der Waals surface area contributed by atoms with Gasteiger partial charge in [0.2, 0.25) is 0 Å². The molecule has 4 heteroatoms. The maximum absolute atomic E-state index is 11.6. The molecule has 2 rings (SSSR count). The third-order valence-corrected chi connectivity index (χ3v) is 1.94. The van der Waals surface area contributed by atoms with Gasteiger partial charge in [-0.25, -0.2) is 4.98 Å². The highest BCUT2D eigenvalue weighted by Gasteiger charge is 2.10. The Morgan fingerprint density at radius 2 is 2.50 bits per heavy atom. The second-order valence-corrected chi connectivity index (χ2v) is 3.08. The summed E-state index contributed by atoms with van der Waals surface area (Å²) in [7, 11) is 0. The van der Waals surface area contributed by atoms with E-state index in [9.17, 15) is 4.79 Å². The van der Waals surface area contributed by atoms with Crippen molar-refractivity contribution in [2.24, 2.45) is 0 Å². The molecule has 14 heavy (non-hydrogen) atoms. The highest BCUT2D eigenvalue weighted by molar-refractivity contribution is 5.96. The first-order valence-electron chi connectivity index (χ1n) is 4.32. The van der Waals surface area contributed by atoms with Gasteiger partial charge in [-0.05, 0) is 13.0 Å². The number of ketones is 1. The Balaban J connectivity index is 2.10. The van der Waals surface area contributed by atoms with Gasteiger partial charge in [0.05, 0.1) is 12.0 Å². The molecule has 2 aromatic rings. The van der Waals surface area contributed by atoms with Crippen molar-refractivity contribution in [2.75, 3.05) is 0 Å². The zero-order valence-electron chi connectivity index (χ0n) is 7.78. The van der Waals surface area contributed by atoms with Crippen LogP contribution in [0.3, 0.4) is 0 Å². The molecule has 0 aromatic carbocycles. The first-order valence-corrected chi connectivity index (χ1v) is 4.32. The van der Waals surface area contributed by atoms with E-state index >= 15 is 0 Å². The summed E-state index contributed by atoms with van der Waals surface area (Å²) in [6, 6.07) is 1.73. The summed E-state index contributed by atoms with van der Waals surface area (Å²) in [5.74, 6) is 1.43. The average molecular weight is 190 g/mol. The van der Waals surface area contributed by atoms with Gasteiger partial charge in [0.1, 0.15) is 17.8 Å². The summed E-state index contributed by atoms with van der Waals surface area (Å²) in [4.78, 5) is 18.5. The van der Waals surface area contributed by atoms with Crippen LogP contribution in [-0.4, -0.2) is 15.8 Å². The van der Waals surface area contributed by atoms with Crippen molar-refractivity contribution >= 4 is 5.78 Å². The Labute approximate surface area is 81.0 Å². The van der Waals surface area contributed by atoms with Crippen LogP contribution >= 0.6 is 0 Å². The van der Waals surface area contributed by atoms with Crippen LogP contribution in [0.4, 0.5) is 0 Å². The number of furan rings is 1. The summed E-state index contributed by atoms with van der Waals surface area (Å²) >= 11 is 0. The molecular weight excluding hydrogens is 180 g/mol. The molecule has 0 fully saturated rings. The van der Waals surface area contributed by atoms with E-state index in [1.165, 1.54) is 6.26 Å². The minimum absolute atomic E-state index is 0.0109. The van der Waals surface area contributed by atoms with Crippen molar-refractivity contribution < 1.29 is 9.21 Å². The fraction of sp³-hybridized carbons (Fsp3) is 0.200. The van der Waals surface area contributed by atoms with Crippen LogP contribution in [0.1, 0.15) is 21.9 Å². The highest BCUT2D eigenvalue weighted by Crippen LogP contribution is 2.08. The molecule has 0 aliphatic heterocycles. The summed E-state index contributed by atoms with van der Waals surface area (Å²) in [6.45, 7) is 1.81. The third-order valence-electron chi connectivity index (χ3n) is 1.94. The van der Waals surface area contributed by atoms with E-state index in [4.69, 9.17) is 4.42 Å². The van der Waals surface area contributed by atoms with Gasteiger partial charge in [0.25, 0.3) is 0 Å². The molecule has 0 unspecified atom stereocenters. The summed E-state index contributed by atoms with van der Waals surface area (Å²) in [6.07, 6.45) is 5.08. The number of H-pyrrole nitrogens is 1. The number of carbonyl (C=O) groups excluding carboxylic acids is 1. The zero-order valence-corrected chi connectivity index (χ0v) is 7.78. The average Bonchev–Trinajstić information content (AvgIpc) is 2.75. The molecule has 0 atom stereocenters. The molecule has 2 heterocycles. The van der Waals surface area contributed by atoms with Gasteiger partial charge in [-0.2, -0.15) is 0 Å². The molecule has 4 nitrogen and oxygen atoms in total. The molecule has 0 spiro atoms. The second-order valence-electron chi connectivity index (χ2n) is 3.08. The monoisotopic (exact) mass is 190 g/mol. The third kappa shape index (κ3) is 1.74. The number of aryl methyl sites for hydroxylation is 1. The molecule has 0 amide bonds. The van der Waals surface area contributed by atoms with Crippen molar-refractivity contribution in [1.82, 2.24) is 9.97 Å². The zero-order chi connectivity index (χ0) is 9.97. The topological polar surface area (TPSA) is 58.9 Å². The lowest BCUT2D eigenvalue weighted by atomic mass is 10.1. The molecule has 0 aliphatic carbocycles. The molecule has 0 bridgehead atoms. The lowest BCUT2D eigenvalue weighted by molar-refractivity contribution is 0.0990. The van der Waals surface area contributed by atoms with Crippen LogP contribution < -0.4 is 0 Å². The molecular formula is C10H10N2O2. The largest absolute Gasteiger partial charge is 0.469 e. The molecule has 0 aliphatic rings. The van der Waals surface area contributed by atoms with Crippen LogP contribution in [0.15, 0.2) is 29.1 Å². The smallest absolute Gasteiger partial charge is 0.173 e. The van der Waals surface area contributed by atoms with E-state index in [0.29, 0.717) is 11.4 Å². The van der Waals surface area contributed by atoms with Crippen molar-refractivity contribution in [3.8, 4) is 0 Å². The summed E-state index contributed by atoms with van der Waals surface area (Å²) in [5, 5.41) is 0. The lowest BCUT2D eigenvalue weighted by Gasteiger charge is -1.92. The Morgan fingerprint density at radius 1 is 1.64 bits per heavy atom. The number of nitrogens with one attached hydrogen (secondary N) is 1. The van der Waals surface area contributed by atoms with Crippen molar-refractivity contribution in [1.29, 1.82) is 0 Å². The van der Waals surface area contributed by atoms with Crippen LogP contribution in [0.5, 0.6) is 0 Å². The van der Waals surface area contributed by atoms with Crippen molar-refractivity contribution in [2.45, 2.75) is 13.3 Å². The van der Waals surface area contributed by atoms with E-state index in [1.807, 2.05) is 6.92 Å². The van der Waals surface area contributed by atoms with Gasteiger partial charge in [-0.1, -0.05) is 0 Å². The SMILES string of the molecule is Cc1cc(C(=O)Cc2ncc[nH]2)co1. The molecule has 0 saturated heterocycles. The van der Waals surface area contributed by atoms with Gasteiger partial charge < -0.3 is 9.40 Å². The normalized spacial score (nSPS) is 10.4. The van der Waals surface area contributed by atoms with E-state index < -0.39 is 0 Å². The molecule has 72 valence electrons. The van der Waals surface area contributed by atoms with Crippen molar-refractivity contribution in [3.63, 3.8) is 0 Å². The summed E-state index contributed by atoms with van der Waals surface area (Å²) in [5.41, 5.74) is 0.596. The molecule has 0 saturated carbocycles. The predicted molar refractivity (Wildman–Crippen MR) is 50.1 cm³/mol. The number of hydrogen-bond donors (Lipinski definition) is 1. The number of aromatic amines is 1. The minimum atomic E-state index is 0.0109. The van der Waals surface area contributed by atoms with E-state index in [0.717, 1.165) is 5.76 Å². The quantitative estimate of drug-likeness (QED) is 0.750. The first kappa shape index (κ1) is 8.74. The van der Waals surface area contributed by atoms with Crippen LogP contribution in [0.25, 0.3) is 0 Å². The van der Waals surface area contributed by atoms with E-state index in [-0.39, 0.29) is 12.2 Å². The minimum Gasteiger partial charge on any atom is -0.469 e. The first-order chi connectivity index (χ1) is 6.75. The number of hydrogen-bond acceptors (Lipinski definition) is 3. The number of imidazole rings is 1. The highest BCUT2D eigenvalue weighted by atomic mass is 16.3. The fourth-order valence-corrected chi connectivity index (χ4v) is 1.24. The number of carbonyl (C=O) groups is 1. The second kappa shape index (κ2) is 3.49. The Bertz CT molecular complexity index is 429. The predicted octanol–water partition coefficient (Wildman–Crippen LogP) is 1.74. The van der Waals surface area contributed by atoms with Gasteiger partial charge in [0.15, 0.2) is 5.78 Å². The van der Waals surface area contributed by atoms with Gasteiger partial charge in [-0.15, -0.1) is 0 Å². The maximum Gasteiger partial charge on any atom is 0.173 e. The Kier molecular flexibility index (Phi) is 2.18. The Morgan fingerprint density at radius 3 is 3.07 bits per heavy atom. The molecule has 2 aromatic heterocycles. The maximum atomic E-state index is 11.6. The van der Waals surface area contributed by atoms with E-state index in [1.54, 1.807) is 18.5 Å².